The van der Waals surface area contributed by atoms with Crippen molar-refractivity contribution in [2.24, 2.45) is 0 Å². The van der Waals surface area contributed by atoms with E-state index in [1.54, 1.807) is 6.20 Å². The van der Waals surface area contributed by atoms with Gasteiger partial charge in [0.05, 0.1) is 17.4 Å². The Labute approximate surface area is 165 Å². The number of hydrogen-bond acceptors (Lipinski definition) is 3. The van der Waals surface area contributed by atoms with E-state index in [-0.39, 0.29) is 11.9 Å². The highest BCUT2D eigenvalue weighted by Gasteiger charge is 2.31. The summed E-state index contributed by atoms with van der Waals surface area (Å²) in [5.74, 6) is 0.0317. The molecule has 140 valence electrons. The van der Waals surface area contributed by atoms with Crippen LogP contribution in [-0.4, -0.2) is 23.5 Å². The van der Waals surface area contributed by atoms with Crippen LogP contribution in [0.25, 0.3) is 0 Å². The number of rotatable bonds is 2. The Morgan fingerprint density at radius 3 is 2.61 bits per heavy atom. The minimum atomic E-state index is 0.0317. The van der Waals surface area contributed by atoms with Crippen LogP contribution in [0.15, 0.2) is 67.0 Å². The molecule has 1 unspecified atom stereocenters. The number of pyridine rings is 1. The van der Waals surface area contributed by atoms with Crippen molar-refractivity contribution >= 4 is 17.3 Å². The molecule has 2 aliphatic rings. The highest BCUT2D eigenvalue weighted by atomic mass is 16.2. The van der Waals surface area contributed by atoms with Crippen molar-refractivity contribution in [2.75, 3.05) is 16.3 Å². The molecule has 1 aromatic heterocycles. The van der Waals surface area contributed by atoms with Gasteiger partial charge in [-0.05, 0) is 48.6 Å². The zero-order chi connectivity index (χ0) is 19.1. The third-order valence-corrected chi connectivity index (χ3v) is 5.89. The molecule has 3 heterocycles. The number of hydrogen-bond donors (Lipinski definition) is 0. The van der Waals surface area contributed by atoms with Gasteiger partial charge in [0.1, 0.15) is 0 Å². The van der Waals surface area contributed by atoms with Gasteiger partial charge >= 0.3 is 0 Å². The van der Waals surface area contributed by atoms with Crippen LogP contribution in [-0.2, 0) is 19.4 Å². The summed E-state index contributed by atoms with van der Waals surface area (Å²) in [7, 11) is 0. The normalized spacial score (nSPS) is 18.0. The number of para-hydroxylation sites is 1. The molecule has 1 amide bonds. The molecule has 0 bridgehead atoms. The summed E-state index contributed by atoms with van der Waals surface area (Å²) in [4.78, 5) is 22.0. The first-order valence-electron chi connectivity index (χ1n) is 9.89. The van der Waals surface area contributed by atoms with E-state index in [1.807, 2.05) is 35.4 Å². The van der Waals surface area contributed by atoms with Crippen molar-refractivity contribution in [1.29, 1.82) is 0 Å². The third-order valence-electron chi connectivity index (χ3n) is 5.89. The predicted octanol–water partition coefficient (Wildman–Crippen LogP) is 4.24. The van der Waals surface area contributed by atoms with Crippen LogP contribution >= 0.6 is 0 Å². The molecule has 0 N–H and O–H groups in total. The molecule has 0 fully saturated rings. The molecule has 0 saturated heterocycles. The van der Waals surface area contributed by atoms with Gasteiger partial charge in [-0.2, -0.15) is 0 Å². The van der Waals surface area contributed by atoms with Crippen LogP contribution in [0.5, 0.6) is 0 Å². The van der Waals surface area contributed by atoms with Crippen molar-refractivity contribution in [3.05, 3.63) is 89.2 Å². The molecule has 0 radical (unpaired) electrons. The lowest BCUT2D eigenvalue weighted by Crippen LogP contribution is -2.36. The number of aromatic nitrogens is 1. The van der Waals surface area contributed by atoms with E-state index in [0.29, 0.717) is 5.56 Å². The zero-order valence-electron chi connectivity index (χ0n) is 16.0. The molecule has 0 saturated carbocycles. The molecule has 1 atom stereocenters. The number of amides is 1. The number of carbonyl (C=O) groups is 1. The van der Waals surface area contributed by atoms with Crippen molar-refractivity contribution in [3.63, 3.8) is 0 Å². The van der Waals surface area contributed by atoms with E-state index >= 15 is 0 Å². The second-order valence-corrected chi connectivity index (χ2v) is 7.73. The second-order valence-electron chi connectivity index (χ2n) is 7.73. The number of carbonyl (C=O) groups excluding carboxylic acids is 1. The molecule has 2 aromatic carbocycles. The Kier molecular flexibility index (Phi) is 4.12. The maximum atomic E-state index is 13.3. The van der Waals surface area contributed by atoms with Crippen molar-refractivity contribution in [2.45, 2.75) is 32.4 Å². The highest BCUT2D eigenvalue weighted by molar-refractivity contribution is 6.08. The second kappa shape index (κ2) is 6.79. The fourth-order valence-electron chi connectivity index (χ4n) is 4.45. The SMILES string of the molecule is CC1Cc2ccccc2N1C(=O)c1cncc(N2CCc3ccccc3C2)c1. The van der Waals surface area contributed by atoms with Crippen molar-refractivity contribution < 1.29 is 4.79 Å². The van der Waals surface area contributed by atoms with Crippen LogP contribution in [0, 0.1) is 0 Å². The van der Waals surface area contributed by atoms with Gasteiger partial charge in [0.25, 0.3) is 5.91 Å². The lowest BCUT2D eigenvalue weighted by atomic mass is 9.99. The van der Waals surface area contributed by atoms with Crippen LogP contribution < -0.4 is 9.80 Å². The summed E-state index contributed by atoms with van der Waals surface area (Å²) in [6.07, 6.45) is 5.48. The molecule has 0 aliphatic carbocycles. The van der Waals surface area contributed by atoms with E-state index < -0.39 is 0 Å². The maximum Gasteiger partial charge on any atom is 0.260 e. The van der Waals surface area contributed by atoms with Gasteiger partial charge < -0.3 is 9.80 Å². The van der Waals surface area contributed by atoms with Gasteiger partial charge in [-0.25, -0.2) is 0 Å². The minimum Gasteiger partial charge on any atom is -0.366 e. The Balaban J connectivity index is 1.43. The smallest absolute Gasteiger partial charge is 0.260 e. The van der Waals surface area contributed by atoms with E-state index in [4.69, 9.17) is 0 Å². The van der Waals surface area contributed by atoms with Crippen LogP contribution in [0.2, 0.25) is 0 Å². The summed E-state index contributed by atoms with van der Waals surface area (Å²) >= 11 is 0. The molecule has 2 aliphatic heterocycles. The third kappa shape index (κ3) is 2.85. The van der Waals surface area contributed by atoms with Gasteiger partial charge in [0.2, 0.25) is 0 Å². The number of fused-ring (bicyclic) bond motifs is 2. The standard InChI is InChI=1S/C24H23N3O/c1-17-12-19-7-4-5-9-23(19)27(17)24(28)21-13-22(15-25-14-21)26-11-10-18-6-2-3-8-20(18)16-26/h2-9,13-15,17H,10-12,16H2,1H3. The molecule has 3 aromatic rings. The summed E-state index contributed by atoms with van der Waals surface area (Å²) in [6, 6.07) is 18.9. The number of anilines is 2. The first-order chi connectivity index (χ1) is 13.7. The quantitative estimate of drug-likeness (QED) is 0.678. The van der Waals surface area contributed by atoms with Crippen molar-refractivity contribution in [1.82, 2.24) is 4.98 Å². The molecule has 0 spiro atoms. The van der Waals surface area contributed by atoms with E-state index in [2.05, 4.69) is 47.1 Å². The Morgan fingerprint density at radius 1 is 1.00 bits per heavy atom. The lowest BCUT2D eigenvalue weighted by Gasteiger charge is -2.31. The zero-order valence-corrected chi connectivity index (χ0v) is 16.0. The summed E-state index contributed by atoms with van der Waals surface area (Å²) in [6.45, 7) is 3.91. The summed E-state index contributed by atoms with van der Waals surface area (Å²) in [5.41, 5.74) is 6.70. The average Bonchev–Trinajstić information content (AvgIpc) is 3.08. The predicted molar refractivity (Wildman–Crippen MR) is 112 cm³/mol. The Bertz CT molecular complexity index is 1050. The molecular formula is C24H23N3O. The number of benzene rings is 2. The van der Waals surface area contributed by atoms with E-state index in [1.165, 1.54) is 16.7 Å². The molecule has 4 nitrogen and oxygen atoms in total. The van der Waals surface area contributed by atoms with Gasteiger partial charge in [0.15, 0.2) is 0 Å². The van der Waals surface area contributed by atoms with Gasteiger partial charge in [-0.15, -0.1) is 0 Å². The molecule has 4 heteroatoms. The topological polar surface area (TPSA) is 36.4 Å². The van der Waals surface area contributed by atoms with Crippen molar-refractivity contribution in [3.8, 4) is 0 Å². The first-order valence-corrected chi connectivity index (χ1v) is 9.89. The molecular weight excluding hydrogens is 346 g/mol. The summed E-state index contributed by atoms with van der Waals surface area (Å²) < 4.78 is 0. The van der Waals surface area contributed by atoms with Crippen LogP contribution in [0.1, 0.15) is 34.0 Å². The Morgan fingerprint density at radius 2 is 1.75 bits per heavy atom. The lowest BCUT2D eigenvalue weighted by molar-refractivity contribution is 0.0981. The summed E-state index contributed by atoms with van der Waals surface area (Å²) in [5, 5.41) is 0. The van der Waals surface area contributed by atoms with Crippen LogP contribution in [0.4, 0.5) is 11.4 Å². The monoisotopic (exact) mass is 369 g/mol. The molecule has 5 rings (SSSR count). The maximum absolute atomic E-state index is 13.3. The van der Waals surface area contributed by atoms with E-state index in [9.17, 15) is 4.79 Å². The van der Waals surface area contributed by atoms with E-state index in [0.717, 1.165) is 37.3 Å². The highest BCUT2D eigenvalue weighted by Crippen LogP contribution is 2.33. The first kappa shape index (κ1) is 17.0. The fourth-order valence-corrected chi connectivity index (χ4v) is 4.45. The number of nitrogens with zero attached hydrogens (tertiary/aromatic N) is 3. The largest absolute Gasteiger partial charge is 0.366 e. The van der Waals surface area contributed by atoms with Gasteiger partial charge in [-0.3, -0.25) is 9.78 Å². The van der Waals surface area contributed by atoms with Crippen LogP contribution in [0.3, 0.4) is 0 Å². The molecule has 28 heavy (non-hydrogen) atoms. The van der Waals surface area contributed by atoms with Gasteiger partial charge in [0, 0.05) is 31.0 Å². The Hall–Kier alpha value is -3.14. The fraction of sp³-hybridized carbons (Fsp3) is 0.250. The van der Waals surface area contributed by atoms with Gasteiger partial charge in [-0.1, -0.05) is 42.5 Å². The minimum absolute atomic E-state index is 0.0317. The average molecular weight is 369 g/mol.